The molecule has 1 aliphatic heterocycles. The number of benzene rings is 3. The fourth-order valence-corrected chi connectivity index (χ4v) is 5.15. The van der Waals surface area contributed by atoms with E-state index in [1.165, 1.54) is 5.56 Å². The van der Waals surface area contributed by atoms with E-state index in [0.29, 0.717) is 31.1 Å². The highest BCUT2D eigenvalue weighted by Gasteiger charge is 2.14. The van der Waals surface area contributed by atoms with Crippen molar-refractivity contribution in [2.75, 3.05) is 6.54 Å². The van der Waals surface area contributed by atoms with E-state index >= 15 is 0 Å². The quantitative estimate of drug-likeness (QED) is 0.189. The summed E-state index contributed by atoms with van der Waals surface area (Å²) in [5.74, 6) is 1.14. The van der Waals surface area contributed by atoms with Crippen molar-refractivity contribution in [3.8, 4) is 5.75 Å². The molecular weight excluding hydrogens is 536 g/mol. The predicted molar refractivity (Wildman–Crippen MR) is 174 cm³/mol. The Balaban J connectivity index is 1.39. The summed E-state index contributed by atoms with van der Waals surface area (Å²) in [4.78, 5) is 27.3. The maximum atomic E-state index is 11.7. The third-order valence-corrected chi connectivity index (χ3v) is 7.85. The number of nitrogens with zero attached hydrogens (tertiary/aromatic N) is 1. The number of carbonyl (C=O) groups excluding carboxylic acids is 1. The van der Waals surface area contributed by atoms with Gasteiger partial charge in [-0.25, -0.2) is 4.79 Å². The molecule has 226 valence electrons. The topological polar surface area (TPSA) is 88.0 Å². The SMILES string of the molecule is CC(C)(C)c1ccc(COc2ccccc2/C=C/C(CCCCC2=NCCC(=O)N2)CCc2ccc(C(=O)O)cc2)cc1. The zero-order valence-corrected chi connectivity index (χ0v) is 25.6. The molecule has 1 unspecified atom stereocenters. The lowest BCUT2D eigenvalue weighted by Crippen LogP contribution is -2.34. The lowest BCUT2D eigenvalue weighted by molar-refractivity contribution is -0.119. The highest BCUT2D eigenvalue weighted by Crippen LogP contribution is 2.26. The minimum Gasteiger partial charge on any atom is -0.488 e. The standard InChI is InChI=1S/C37H44N2O4/c1-37(2,3)32-22-17-29(18-23-32)26-43-33-10-6-5-9-30(33)19-14-27(8-4-7-11-34-38-25-24-35(40)39-34)12-13-28-15-20-31(21-16-28)36(41)42/h5-6,9-10,14-23,27H,4,7-8,11-13,24-26H2,1-3H3,(H,41,42)(H,38,39,40)/b19-14+. The van der Waals surface area contributed by atoms with Crippen molar-refractivity contribution in [2.45, 2.75) is 77.7 Å². The average molecular weight is 581 g/mol. The number of carbonyl (C=O) groups is 2. The van der Waals surface area contributed by atoms with E-state index in [4.69, 9.17) is 4.74 Å². The molecule has 3 aromatic carbocycles. The van der Waals surface area contributed by atoms with Crippen LogP contribution in [-0.2, 0) is 23.2 Å². The van der Waals surface area contributed by atoms with Crippen LogP contribution in [0.4, 0.5) is 0 Å². The number of amidine groups is 1. The van der Waals surface area contributed by atoms with Gasteiger partial charge >= 0.3 is 5.97 Å². The van der Waals surface area contributed by atoms with Crippen LogP contribution in [-0.4, -0.2) is 29.4 Å². The number of carboxylic acids is 1. The summed E-state index contributed by atoms with van der Waals surface area (Å²) in [5, 5.41) is 12.1. The normalized spacial score (nSPS) is 14.3. The molecule has 3 aromatic rings. The molecule has 4 rings (SSSR count). The van der Waals surface area contributed by atoms with E-state index in [9.17, 15) is 14.7 Å². The molecule has 2 N–H and O–H groups in total. The molecular formula is C37H44N2O4. The van der Waals surface area contributed by atoms with E-state index < -0.39 is 5.97 Å². The molecule has 0 saturated carbocycles. The summed E-state index contributed by atoms with van der Waals surface area (Å²) in [6.45, 7) is 7.74. The Morgan fingerprint density at radius 1 is 0.953 bits per heavy atom. The van der Waals surface area contributed by atoms with Gasteiger partial charge in [-0.3, -0.25) is 9.79 Å². The molecule has 0 aliphatic carbocycles. The van der Waals surface area contributed by atoms with Crippen molar-refractivity contribution in [3.63, 3.8) is 0 Å². The third-order valence-electron chi connectivity index (χ3n) is 7.85. The van der Waals surface area contributed by atoms with E-state index in [0.717, 1.165) is 66.8 Å². The van der Waals surface area contributed by atoms with Crippen LogP contribution in [0.1, 0.15) is 91.9 Å². The van der Waals surface area contributed by atoms with Crippen LogP contribution < -0.4 is 10.1 Å². The summed E-state index contributed by atoms with van der Waals surface area (Å²) in [7, 11) is 0. The zero-order valence-electron chi connectivity index (χ0n) is 25.6. The van der Waals surface area contributed by atoms with Crippen molar-refractivity contribution < 1.29 is 19.4 Å². The molecule has 6 heteroatoms. The molecule has 1 amide bonds. The molecule has 0 saturated heterocycles. The molecule has 0 aromatic heterocycles. The van der Waals surface area contributed by atoms with Crippen LogP contribution in [0.3, 0.4) is 0 Å². The van der Waals surface area contributed by atoms with Gasteiger partial charge in [-0.2, -0.15) is 0 Å². The number of rotatable bonds is 14. The van der Waals surface area contributed by atoms with Crippen LogP contribution >= 0.6 is 0 Å². The molecule has 1 atom stereocenters. The second kappa shape index (κ2) is 15.3. The molecule has 0 fully saturated rings. The number of hydrogen-bond acceptors (Lipinski definition) is 4. The second-order valence-electron chi connectivity index (χ2n) is 12.3. The number of aliphatic imine (C=N–C) groups is 1. The smallest absolute Gasteiger partial charge is 0.335 e. The number of hydrogen-bond donors (Lipinski definition) is 2. The Bertz CT molecular complexity index is 1420. The van der Waals surface area contributed by atoms with Gasteiger partial charge in [-0.15, -0.1) is 0 Å². The molecule has 6 nitrogen and oxygen atoms in total. The third kappa shape index (κ3) is 10.2. The Morgan fingerprint density at radius 2 is 1.67 bits per heavy atom. The van der Waals surface area contributed by atoms with Gasteiger partial charge in [-0.1, -0.05) is 93.9 Å². The first-order valence-corrected chi connectivity index (χ1v) is 15.3. The summed E-state index contributed by atoms with van der Waals surface area (Å²) in [6.07, 6.45) is 10.5. The summed E-state index contributed by atoms with van der Waals surface area (Å²) < 4.78 is 6.27. The van der Waals surface area contributed by atoms with Gasteiger partial charge in [0.05, 0.1) is 5.56 Å². The number of ether oxygens (including phenoxy) is 1. The first-order chi connectivity index (χ1) is 20.7. The van der Waals surface area contributed by atoms with Crippen LogP contribution in [0, 0.1) is 5.92 Å². The largest absolute Gasteiger partial charge is 0.488 e. The molecule has 1 aliphatic rings. The Morgan fingerprint density at radius 3 is 2.37 bits per heavy atom. The van der Waals surface area contributed by atoms with Crippen molar-refractivity contribution >= 4 is 23.8 Å². The lowest BCUT2D eigenvalue weighted by atomic mass is 9.87. The number of nitrogens with one attached hydrogen (secondary N) is 1. The number of amides is 1. The number of allylic oxidation sites excluding steroid dienone is 1. The van der Waals surface area contributed by atoms with Gasteiger partial charge in [0.1, 0.15) is 18.2 Å². The maximum Gasteiger partial charge on any atom is 0.335 e. The summed E-state index contributed by atoms with van der Waals surface area (Å²) in [6, 6.07) is 23.9. The predicted octanol–water partition coefficient (Wildman–Crippen LogP) is 8.00. The van der Waals surface area contributed by atoms with Gasteiger partial charge < -0.3 is 15.2 Å². The van der Waals surface area contributed by atoms with Crippen LogP contribution in [0.25, 0.3) is 6.08 Å². The molecule has 43 heavy (non-hydrogen) atoms. The van der Waals surface area contributed by atoms with Gasteiger partial charge in [0.15, 0.2) is 0 Å². The number of unbranched alkanes of at least 4 members (excludes halogenated alkanes) is 1. The molecule has 0 spiro atoms. The summed E-state index contributed by atoms with van der Waals surface area (Å²) >= 11 is 0. The highest BCUT2D eigenvalue weighted by molar-refractivity contribution is 5.99. The first-order valence-electron chi connectivity index (χ1n) is 15.3. The molecule has 0 bridgehead atoms. The van der Waals surface area contributed by atoms with E-state index in [1.807, 2.05) is 30.3 Å². The molecule has 1 heterocycles. The Hall–Kier alpha value is -4.19. The second-order valence-corrected chi connectivity index (χ2v) is 12.3. The van der Waals surface area contributed by atoms with Crippen molar-refractivity contribution in [1.29, 1.82) is 0 Å². The minimum atomic E-state index is -0.908. The van der Waals surface area contributed by atoms with Crippen LogP contribution in [0.5, 0.6) is 5.75 Å². The number of para-hydroxylation sites is 1. The highest BCUT2D eigenvalue weighted by atomic mass is 16.5. The maximum absolute atomic E-state index is 11.7. The average Bonchev–Trinajstić information content (AvgIpc) is 2.99. The van der Waals surface area contributed by atoms with Gasteiger partial charge in [0.2, 0.25) is 5.91 Å². The first kappa shape index (κ1) is 31.7. The zero-order chi connectivity index (χ0) is 30.7. The van der Waals surface area contributed by atoms with Gasteiger partial charge in [0, 0.05) is 24.9 Å². The van der Waals surface area contributed by atoms with Crippen molar-refractivity contribution in [3.05, 3.63) is 107 Å². The Kier molecular flexibility index (Phi) is 11.3. The minimum absolute atomic E-state index is 0.0579. The summed E-state index contributed by atoms with van der Waals surface area (Å²) in [5.41, 5.74) is 5.04. The van der Waals surface area contributed by atoms with Crippen molar-refractivity contribution in [1.82, 2.24) is 5.32 Å². The fraction of sp³-hybridized carbons (Fsp3) is 0.378. The molecule has 0 radical (unpaired) electrons. The Labute approximate surface area is 255 Å². The number of aromatic carboxylic acids is 1. The van der Waals surface area contributed by atoms with E-state index in [1.54, 1.807) is 12.1 Å². The van der Waals surface area contributed by atoms with E-state index in [2.05, 4.69) is 73.6 Å². The van der Waals surface area contributed by atoms with Crippen LogP contribution in [0.15, 0.2) is 83.9 Å². The number of carboxylic acid groups (broad SMARTS) is 1. The van der Waals surface area contributed by atoms with Crippen LogP contribution in [0.2, 0.25) is 0 Å². The monoisotopic (exact) mass is 580 g/mol. The lowest BCUT2D eigenvalue weighted by Gasteiger charge is -2.19. The number of aryl methyl sites for hydroxylation is 1. The fourth-order valence-electron chi connectivity index (χ4n) is 5.15. The van der Waals surface area contributed by atoms with E-state index in [-0.39, 0.29) is 11.3 Å². The van der Waals surface area contributed by atoms with Crippen molar-refractivity contribution in [2.24, 2.45) is 10.9 Å². The van der Waals surface area contributed by atoms with Gasteiger partial charge in [-0.05, 0) is 71.9 Å². The van der Waals surface area contributed by atoms with Gasteiger partial charge in [0.25, 0.3) is 0 Å².